The van der Waals surface area contributed by atoms with Gasteiger partial charge in [-0.1, -0.05) is 19.1 Å². The lowest BCUT2D eigenvalue weighted by Crippen LogP contribution is -2.35. The van der Waals surface area contributed by atoms with Gasteiger partial charge in [0.2, 0.25) is 11.3 Å². The quantitative estimate of drug-likeness (QED) is 0.791. The molecule has 1 aromatic carbocycles. The minimum atomic E-state index is -0.351. The molecule has 0 radical (unpaired) electrons. The summed E-state index contributed by atoms with van der Waals surface area (Å²) in [6.45, 7) is 3.96. The van der Waals surface area contributed by atoms with Crippen molar-refractivity contribution in [3.05, 3.63) is 30.1 Å². The molecule has 0 unspecified atom stereocenters. The number of anilines is 3. The van der Waals surface area contributed by atoms with Gasteiger partial charge in [-0.15, -0.1) is 0 Å². The van der Waals surface area contributed by atoms with Crippen molar-refractivity contribution in [2.45, 2.75) is 19.8 Å². The van der Waals surface area contributed by atoms with Crippen molar-refractivity contribution in [3.8, 4) is 0 Å². The highest BCUT2D eigenvalue weighted by molar-refractivity contribution is 5.77. The van der Waals surface area contributed by atoms with E-state index in [9.17, 15) is 4.39 Å². The topological polar surface area (TPSA) is 80.0 Å². The maximum Gasteiger partial charge on any atom is 0.245 e. The summed E-state index contributed by atoms with van der Waals surface area (Å²) in [6.07, 6.45) is 2.27. The SMILES string of the molecule is C[C@H]1CCCN(c2nc3nonc3nc2Nc2ccccc2F)C1. The van der Waals surface area contributed by atoms with Gasteiger partial charge >= 0.3 is 0 Å². The highest BCUT2D eigenvalue weighted by Gasteiger charge is 2.23. The van der Waals surface area contributed by atoms with E-state index in [-0.39, 0.29) is 5.82 Å². The minimum Gasteiger partial charge on any atom is -0.353 e. The Morgan fingerprint density at radius 1 is 1.21 bits per heavy atom. The van der Waals surface area contributed by atoms with Crippen LogP contribution in [0.5, 0.6) is 0 Å². The van der Waals surface area contributed by atoms with Crippen LogP contribution in [-0.4, -0.2) is 33.4 Å². The Morgan fingerprint density at radius 2 is 2.00 bits per heavy atom. The van der Waals surface area contributed by atoms with Crippen LogP contribution in [0, 0.1) is 11.7 Å². The number of benzene rings is 1. The summed E-state index contributed by atoms with van der Waals surface area (Å²) in [5, 5.41) is 10.5. The van der Waals surface area contributed by atoms with Crippen LogP contribution in [0.2, 0.25) is 0 Å². The zero-order valence-electron chi connectivity index (χ0n) is 13.2. The standard InChI is InChI=1S/C16H17FN6O/c1-10-5-4-8-23(9-10)16-15(18-12-7-3-2-6-11(12)17)19-13-14(20-16)22-24-21-13/h2-3,6-7,10H,4-5,8-9H2,1H3,(H,18,19,21)/t10-/m0/s1. The largest absolute Gasteiger partial charge is 0.353 e. The molecule has 24 heavy (non-hydrogen) atoms. The van der Waals surface area contributed by atoms with Crippen LogP contribution in [0.15, 0.2) is 28.9 Å². The van der Waals surface area contributed by atoms with E-state index in [2.05, 4.69) is 37.4 Å². The smallest absolute Gasteiger partial charge is 0.245 e. The lowest BCUT2D eigenvalue weighted by atomic mass is 10.0. The normalized spacial score (nSPS) is 18.1. The molecule has 1 N–H and O–H groups in total. The van der Waals surface area contributed by atoms with Crippen LogP contribution in [-0.2, 0) is 0 Å². The highest BCUT2D eigenvalue weighted by Crippen LogP contribution is 2.30. The first-order valence-corrected chi connectivity index (χ1v) is 7.97. The maximum absolute atomic E-state index is 14.0. The zero-order valence-corrected chi connectivity index (χ0v) is 13.2. The Bertz CT molecular complexity index is 867. The summed E-state index contributed by atoms with van der Waals surface area (Å²) in [5.41, 5.74) is 0.985. The Kier molecular flexibility index (Phi) is 3.72. The van der Waals surface area contributed by atoms with Gasteiger partial charge < -0.3 is 10.2 Å². The van der Waals surface area contributed by atoms with E-state index in [1.807, 2.05) is 0 Å². The first kappa shape index (κ1) is 14.8. The number of rotatable bonds is 3. The number of para-hydroxylation sites is 1. The van der Waals surface area contributed by atoms with Gasteiger partial charge in [-0.05, 0) is 41.2 Å². The van der Waals surface area contributed by atoms with Gasteiger partial charge in [0.15, 0.2) is 11.6 Å². The molecule has 1 atom stereocenters. The van der Waals surface area contributed by atoms with Crippen molar-refractivity contribution in [3.63, 3.8) is 0 Å². The second kappa shape index (κ2) is 6.03. The summed E-state index contributed by atoms with van der Waals surface area (Å²) in [5.74, 6) is 1.31. The van der Waals surface area contributed by atoms with Crippen LogP contribution < -0.4 is 10.2 Å². The summed E-state index contributed by atoms with van der Waals surface area (Å²) >= 11 is 0. The summed E-state index contributed by atoms with van der Waals surface area (Å²) in [4.78, 5) is 11.1. The minimum absolute atomic E-state index is 0.294. The summed E-state index contributed by atoms with van der Waals surface area (Å²) < 4.78 is 18.7. The van der Waals surface area contributed by atoms with Gasteiger partial charge in [0.1, 0.15) is 5.82 Å². The van der Waals surface area contributed by atoms with E-state index in [1.54, 1.807) is 18.2 Å². The summed E-state index contributed by atoms with van der Waals surface area (Å²) in [6, 6.07) is 6.46. The Balaban J connectivity index is 1.77. The van der Waals surface area contributed by atoms with Crippen LogP contribution in [0.3, 0.4) is 0 Å². The van der Waals surface area contributed by atoms with E-state index < -0.39 is 0 Å². The predicted octanol–water partition coefficient (Wildman–Crippen LogP) is 3.13. The Morgan fingerprint density at radius 3 is 2.79 bits per heavy atom. The summed E-state index contributed by atoms with van der Waals surface area (Å²) in [7, 11) is 0. The molecule has 0 bridgehead atoms. The predicted molar refractivity (Wildman–Crippen MR) is 87.7 cm³/mol. The monoisotopic (exact) mass is 328 g/mol. The number of halogens is 1. The second-order valence-corrected chi connectivity index (χ2v) is 6.11. The molecule has 3 aromatic rings. The zero-order chi connectivity index (χ0) is 16.5. The average Bonchev–Trinajstić information content (AvgIpc) is 3.03. The molecule has 3 heterocycles. The molecule has 124 valence electrons. The number of hydrogen-bond donors (Lipinski definition) is 1. The molecule has 1 aliphatic rings. The molecule has 7 nitrogen and oxygen atoms in total. The molecule has 1 fully saturated rings. The van der Waals surface area contributed by atoms with Gasteiger partial charge in [0, 0.05) is 13.1 Å². The van der Waals surface area contributed by atoms with Gasteiger partial charge in [-0.2, -0.15) is 0 Å². The molecular formula is C16H17FN6O. The number of aromatic nitrogens is 4. The molecule has 0 saturated carbocycles. The number of nitrogens with one attached hydrogen (secondary N) is 1. The number of hydrogen-bond acceptors (Lipinski definition) is 7. The fourth-order valence-corrected chi connectivity index (χ4v) is 3.01. The lowest BCUT2D eigenvalue weighted by Gasteiger charge is -2.32. The Hall–Kier alpha value is -2.77. The molecule has 8 heteroatoms. The van der Waals surface area contributed by atoms with E-state index in [4.69, 9.17) is 4.63 Å². The van der Waals surface area contributed by atoms with Crippen molar-refractivity contribution in [2.24, 2.45) is 5.92 Å². The van der Waals surface area contributed by atoms with Gasteiger partial charge in [-0.25, -0.2) is 19.0 Å². The first-order valence-electron chi connectivity index (χ1n) is 7.97. The van der Waals surface area contributed by atoms with Crippen LogP contribution >= 0.6 is 0 Å². The molecule has 2 aromatic heterocycles. The van der Waals surface area contributed by atoms with E-state index in [0.717, 1.165) is 19.5 Å². The Labute approximate surface area is 137 Å². The van der Waals surface area contributed by atoms with Crippen molar-refractivity contribution >= 4 is 28.6 Å². The second-order valence-electron chi connectivity index (χ2n) is 6.11. The number of fused-ring (bicyclic) bond motifs is 1. The molecule has 0 amide bonds. The van der Waals surface area contributed by atoms with Crippen molar-refractivity contribution in [2.75, 3.05) is 23.3 Å². The fraction of sp³-hybridized carbons (Fsp3) is 0.375. The highest BCUT2D eigenvalue weighted by atomic mass is 19.1. The van der Waals surface area contributed by atoms with Crippen molar-refractivity contribution in [1.82, 2.24) is 20.3 Å². The molecule has 0 aliphatic carbocycles. The average molecular weight is 328 g/mol. The van der Waals surface area contributed by atoms with Crippen LogP contribution in [0.25, 0.3) is 11.3 Å². The third kappa shape index (κ3) is 2.75. The van der Waals surface area contributed by atoms with Crippen LogP contribution in [0.1, 0.15) is 19.8 Å². The van der Waals surface area contributed by atoms with E-state index in [0.29, 0.717) is 34.5 Å². The van der Waals surface area contributed by atoms with Gasteiger partial charge in [0.25, 0.3) is 0 Å². The van der Waals surface area contributed by atoms with Crippen molar-refractivity contribution in [1.29, 1.82) is 0 Å². The molecule has 1 saturated heterocycles. The van der Waals surface area contributed by atoms with Crippen LogP contribution in [0.4, 0.5) is 21.7 Å². The van der Waals surface area contributed by atoms with Crippen molar-refractivity contribution < 1.29 is 9.02 Å². The fourth-order valence-electron chi connectivity index (χ4n) is 3.01. The van der Waals surface area contributed by atoms with E-state index in [1.165, 1.54) is 12.5 Å². The number of piperidine rings is 1. The third-order valence-corrected chi connectivity index (χ3v) is 4.18. The lowest BCUT2D eigenvalue weighted by molar-refractivity contribution is 0.314. The van der Waals surface area contributed by atoms with Gasteiger partial charge in [-0.3, -0.25) is 0 Å². The molecular weight excluding hydrogens is 311 g/mol. The molecule has 0 spiro atoms. The van der Waals surface area contributed by atoms with E-state index >= 15 is 0 Å². The molecule has 4 rings (SSSR count). The number of nitrogens with zero attached hydrogens (tertiary/aromatic N) is 5. The maximum atomic E-state index is 14.0. The van der Waals surface area contributed by atoms with Gasteiger partial charge in [0.05, 0.1) is 5.69 Å². The molecule has 1 aliphatic heterocycles. The first-order chi connectivity index (χ1) is 11.7. The third-order valence-electron chi connectivity index (χ3n) is 4.18.